The second kappa shape index (κ2) is 6.01. The number of nitrogens with zero attached hydrogens (tertiary/aromatic N) is 1. The van der Waals surface area contributed by atoms with E-state index in [-0.39, 0.29) is 25.1 Å². The van der Waals surface area contributed by atoms with E-state index in [0.717, 1.165) is 5.76 Å². The van der Waals surface area contributed by atoms with Gasteiger partial charge in [0.05, 0.1) is 12.3 Å². The van der Waals surface area contributed by atoms with Crippen LogP contribution in [0.25, 0.3) is 0 Å². The molecule has 1 aromatic heterocycles. The van der Waals surface area contributed by atoms with Gasteiger partial charge in [0.1, 0.15) is 11.5 Å². The molecule has 0 amide bonds. The maximum Gasteiger partial charge on any atom is 0.303 e. The van der Waals surface area contributed by atoms with Crippen molar-refractivity contribution in [1.29, 1.82) is 0 Å². The molecule has 0 aliphatic heterocycles. The van der Waals surface area contributed by atoms with E-state index in [0.29, 0.717) is 5.76 Å². The molecule has 0 bridgehead atoms. The van der Waals surface area contributed by atoms with Crippen LogP contribution < -0.4 is 0 Å². The molecule has 7 heteroatoms. The summed E-state index contributed by atoms with van der Waals surface area (Å²) >= 11 is 0. The molecule has 1 rings (SSSR count). The highest BCUT2D eigenvalue weighted by Crippen LogP contribution is 2.12. The first-order valence-electron chi connectivity index (χ1n) is 5.52. The lowest BCUT2D eigenvalue weighted by Gasteiger charge is -2.15. The lowest BCUT2D eigenvalue weighted by molar-refractivity contribution is -0.137. The van der Waals surface area contributed by atoms with Crippen LogP contribution >= 0.6 is 0 Å². The quantitative estimate of drug-likeness (QED) is 0.808. The largest absolute Gasteiger partial charge is 0.481 e. The Morgan fingerprint density at radius 1 is 1.44 bits per heavy atom. The van der Waals surface area contributed by atoms with Crippen LogP contribution in [0.1, 0.15) is 24.4 Å². The van der Waals surface area contributed by atoms with Gasteiger partial charge in [-0.2, -0.15) is 4.31 Å². The van der Waals surface area contributed by atoms with Gasteiger partial charge in [-0.1, -0.05) is 0 Å². The first-order valence-corrected chi connectivity index (χ1v) is 7.13. The van der Waals surface area contributed by atoms with Crippen LogP contribution in [0.5, 0.6) is 0 Å². The van der Waals surface area contributed by atoms with Gasteiger partial charge in [-0.3, -0.25) is 4.79 Å². The number of carbonyl (C=O) groups is 1. The van der Waals surface area contributed by atoms with Crippen molar-refractivity contribution in [2.45, 2.75) is 26.3 Å². The van der Waals surface area contributed by atoms with Crippen LogP contribution in [0.15, 0.2) is 16.5 Å². The van der Waals surface area contributed by atoms with Crippen LogP contribution in [0.4, 0.5) is 0 Å². The average molecular weight is 275 g/mol. The van der Waals surface area contributed by atoms with E-state index in [1.165, 1.54) is 11.4 Å². The molecule has 0 aliphatic carbocycles. The number of aliphatic carboxylic acids is 1. The Hall–Kier alpha value is -1.34. The zero-order chi connectivity index (χ0) is 13.8. The van der Waals surface area contributed by atoms with E-state index in [4.69, 9.17) is 9.52 Å². The van der Waals surface area contributed by atoms with E-state index in [9.17, 15) is 13.2 Å². The molecule has 102 valence electrons. The van der Waals surface area contributed by atoms with Crippen LogP contribution in [0, 0.1) is 6.92 Å². The molecule has 1 aromatic rings. The Bertz CT molecular complexity index is 505. The SMILES string of the molecule is Cc1ccc(CN(C)S(=O)(=O)CCCC(=O)O)o1. The molecule has 0 saturated heterocycles. The fourth-order valence-electron chi connectivity index (χ4n) is 1.45. The van der Waals surface area contributed by atoms with Gasteiger partial charge in [-0.15, -0.1) is 0 Å². The molecule has 0 fully saturated rings. The first kappa shape index (κ1) is 14.7. The maximum absolute atomic E-state index is 11.8. The molecule has 6 nitrogen and oxygen atoms in total. The molecule has 0 radical (unpaired) electrons. The molecule has 1 heterocycles. The van der Waals surface area contributed by atoms with Crippen molar-refractivity contribution in [2.24, 2.45) is 0 Å². The Balaban J connectivity index is 2.53. The van der Waals surface area contributed by atoms with Gasteiger partial charge in [0.15, 0.2) is 0 Å². The second-order valence-electron chi connectivity index (χ2n) is 4.08. The number of rotatable bonds is 7. The molecule has 0 unspecified atom stereocenters. The summed E-state index contributed by atoms with van der Waals surface area (Å²) in [5.74, 6) is 0.128. The highest BCUT2D eigenvalue weighted by Gasteiger charge is 2.19. The van der Waals surface area contributed by atoms with Crippen molar-refractivity contribution in [3.8, 4) is 0 Å². The summed E-state index contributed by atoms with van der Waals surface area (Å²) in [7, 11) is -1.98. The smallest absolute Gasteiger partial charge is 0.303 e. The Morgan fingerprint density at radius 2 is 2.11 bits per heavy atom. The lowest BCUT2D eigenvalue weighted by Crippen LogP contribution is -2.28. The number of furan rings is 1. The standard InChI is InChI=1S/C11H17NO5S/c1-9-5-6-10(17-9)8-12(2)18(15,16)7-3-4-11(13)14/h5-6H,3-4,7-8H2,1-2H3,(H,13,14). The fraction of sp³-hybridized carbons (Fsp3) is 0.545. The van der Waals surface area contributed by atoms with Gasteiger partial charge in [-0.25, -0.2) is 8.42 Å². The van der Waals surface area contributed by atoms with Crippen molar-refractivity contribution in [3.63, 3.8) is 0 Å². The second-order valence-corrected chi connectivity index (χ2v) is 6.28. The number of hydrogen-bond acceptors (Lipinski definition) is 4. The minimum Gasteiger partial charge on any atom is -0.481 e. The molecule has 0 saturated carbocycles. The van der Waals surface area contributed by atoms with Gasteiger partial charge in [-0.05, 0) is 25.5 Å². The summed E-state index contributed by atoms with van der Waals surface area (Å²) in [6, 6.07) is 3.48. The van der Waals surface area contributed by atoms with Gasteiger partial charge >= 0.3 is 5.97 Å². The van der Waals surface area contributed by atoms with E-state index in [1.807, 2.05) is 0 Å². The Morgan fingerprint density at radius 3 is 2.61 bits per heavy atom. The highest BCUT2D eigenvalue weighted by atomic mass is 32.2. The van der Waals surface area contributed by atoms with Crippen molar-refractivity contribution >= 4 is 16.0 Å². The van der Waals surface area contributed by atoms with Gasteiger partial charge in [0.25, 0.3) is 0 Å². The summed E-state index contributed by atoms with van der Waals surface area (Å²) < 4.78 is 30.1. The zero-order valence-electron chi connectivity index (χ0n) is 10.4. The number of carboxylic acid groups (broad SMARTS) is 1. The van der Waals surface area contributed by atoms with Crippen molar-refractivity contribution in [3.05, 3.63) is 23.7 Å². The molecule has 0 spiro atoms. The molecule has 18 heavy (non-hydrogen) atoms. The van der Waals surface area contributed by atoms with Crippen molar-refractivity contribution < 1.29 is 22.7 Å². The van der Waals surface area contributed by atoms with Crippen molar-refractivity contribution in [1.82, 2.24) is 4.31 Å². The normalized spacial score (nSPS) is 11.9. The maximum atomic E-state index is 11.8. The third-order valence-corrected chi connectivity index (χ3v) is 4.33. The summed E-state index contributed by atoms with van der Waals surface area (Å²) in [6.45, 7) is 1.94. The van der Waals surface area contributed by atoms with E-state index >= 15 is 0 Å². The highest BCUT2D eigenvalue weighted by molar-refractivity contribution is 7.89. The molecule has 0 aromatic carbocycles. The predicted molar refractivity (Wildman–Crippen MR) is 65.6 cm³/mol. The minimum atomic E-state index is -3.43. The lowest BCUT2D eigenvalue weighted by atomic mass is 10.3. The summed E-state index contributed by atoms with van der Waals surface area (Å²) in [4.78, 5) is 10.3. The molecule has 1 N–H and O–H groups in total. The summed E-state index contributed by atoms with van der Waals surface area (Å²) in [5.41, 5.74) is 0. The molecule has 0 aliphatic rings. The predicted octanol–water partition coefficient (Wildman–Crippen LogP) is 1.21. The number of aryl methyl sites for hydroxylation is 1. The van der Waals surface area contributed by atoms with E-state index < -0.39 is 16.0 Å². The van der Waals surface area contributed by atoms with E-state index in [2.05, 4.69) is 0 Å². The van der Waals surface area contributed by atoms with Crippen LogP contribution in [-0.4, -0.2) is 36.6 Å². The third-order valence-electron chi connectivity index (χ3n) is 2.44. The molecule has 0 atom stereocenters. The first-order chi connectivity index (χ1) is 8.31. The van der Waals surface area contributed by atoms with E-state index in [1.54, 1.807) is 19.1 Å². The monoisotopic (exact) mass is 275 g/mol. The summed E-state index contributed by atoms with van der Waals surface area (Å²) in [6.07, 6.45) is -0.0356. The number of carboxylic acids is 1. The topological polar surface area (TPSA) is 87.8 Å². The number of hydrogen-bond donors (Lipinski definition) is 1. The minimum absolute atomic E-state index is 0.110. The zero-order valence-corrected chi connectivity index (χ0v) is 11.2. The van der Waals surface area contributed by atoms with Crippen LogP contribution in [-0.2, 0) is 21.4 Å². The average Bonchev–Trinajstić information content (AvgIpc) is 2.63. The number of sulfonamides is 1. The molecular weight excluding hydrogens is 258 g/mol. The molecular formula is C11H17NO5S. The van der Waals surface area contributed by atoms with Gasteiger partial charge in [0, 0.05) is 13.5 Å². The Kier molecular flexibility index (Phi) is 4.92. The van der Waals surface area contributed by atoms with Crippen LogP contribution in [0.2, 0.25) is 0 Å². The van der Waals surface area contributed by atoms with Crippen molar-refractivity contribution in [2.75, 3.05) is 12.8 Å². The van der Waals surface area contributed by atoms with Crippen LogP contribution in [0.3, 0.4) is 0 Å². The third kappa shape index (κ3) is 4.50. The van der Waals surface area contributed by atoms with Gasteiger partial charge < -0.3 is 9.52 Å². The summed E-state index contributed by atoms with van der Waals surface area (Å²) in [5, 5.41) is 8.46. The Labute approximate surface area is 106 Å². The fourth-order valence-corrected chi connectivity index (χ4v) is 2.59. The van der Waals surface area contributed by atoms with Gasteiger partial charge in [0.2, 0.25) is 10.0 Å².